The number of carbonyl (C=O) groups excluding carboxylic acids is 2. The first-order chi connectivity index (χ1) is 14.4. The van der Waals surface area contributed by atoms with Gasteiger partial charge in [0.05, 0.1) is 0 Å². The van der Waals surface area contributed by atoms with Crippen molar-refractivity contribution >= 4 is 22.7 Å². The lowest BCUT2D eigenvalue weighted by molar-refractivity contribution is -0.131. The second-order valence-corrected chi connectivity index (χ2v) is 10.3. The van der Waals surface area contributed by atoms with Crippen LogP contribution in [0.25, 0.3) is 10.9 Å². The van der Waals surface area contributed by atoms with Crippen molar-refractivity contribution in [3.05, 3.63) is 36.0 Å². The SMILES string of the molecule is CC(=O)N[C@@H](Cc1c[nH]c2ccccc12)C(=O)N[C@H](C)C12CC3CC(CC(C3)C1)C2. The zero-order valence-electron chi connectivity index (χ0n) is 18.0. The van der Waals surface area contributed by atoms with E-state index in [0.717, 1.165) is 34.2 Å². The number of H-pyrrole nitrogens is 1. The van der Waals surface area contributed by atoms with Gasteiger partial charge in [-0.2, -0.15) is 0 Å². The molecule has 30 heavy (non-hydrogen) atoms. The van der Waals surface area contributed by atoms with E-state index < -0.39 is 6.04 Å². The Hall–Kier alpha value is -2.30. The molecule has 0 aliphatic heterocycles. The molecule has 4 bridgehead atoms. The third-order valence-electron chi connectivity index (χ3n) is 8.16. The normalized spacial score (nSPS) is 31.5. The fraction of sp³-hybridized carbons (Fsp3) is 0.600. The maximum Gasteiger partial charge on any atom is 0.243 e. The quantitative estimate of drug-likeness (QED) is 0.679. The van der Waals surface area contributed by atoms with Gasteiger partial charge in [-0.25, -0.2) is 0 Å². The maximum absolute atomic E-state index is 13.3. The summed E-state index contributed by atoms with van der Waals surface area (Å²) >= 11 is 0. The fourth-order valence-corrected chi connectivity index (χ4v) is 7.15. The molecule has 4 fully saturated rings. The number of rotatable bonds is 6. The van der Waals surface area contributed by atoms with Crippen LogP contribution >= 0.6 is 0 Å². The monoisotopic (exact) mass is 407 g/mol. The van der Waals surface area contributed by atoms with Crippen LogP contribution < -0.4 is 10.6 Å². The van der Waals surface area contributed by atoms with Crippen molar-refractivity contribution in [2.45, 2.75) is 70.9 Å². The number of aromatic amines is 1. The van der Waals surface area contributed by atoms with E-state index in [1.807, 2.05) is 24.4 Å². The minimum atomic E-state index is -0.557. The molecule has 1 aromatic heterocycles. The predicted octanol–water partition coefficient (Wildman–Crippen LogP) is 3.94. The Balaban J connectivity index is 1.32. The summed E-state index contributed by atoms with van der Waals surface area (Å²) in [6.07, 6.45) is 10.4. The Morgan fingerprint density at radius 2 is 1.70 bits per heavy atom. The molecule has 4 aliphatic rings. The molecular formula is C25H33N3O2. The summed E-state index contributed by atoms with van der Waals surface area (Å²) < 4.78 is 0. The zero-order chi connectivity index (χ0) is 20.9. The molecule has 2 atom stereocenters. The molecule has 5 heteroatoms. The highest BCUT2D eigenvalue weighted by molar-refractivity contribution is 5.89. The third kappa shape index (κ3) is 3.52. The van der Waals surface area contributed by atoms with E-state index in [2.05, 4.69) is 28.6 Å². The van der Waals surface area contributed by atoms with Crippen molar-refractivity contribution in [3.63, 3.8) is 0 Å². The second kappa shape index (κ2) is 7.44. The Labute approximate surface area is 178 Å². The Kier molecular flexibility index (Phi) is 4.87. The Bertz CT molecular complexity index is 927. The van der Waals surface area contributed by atoms with Crippen molar-refractivity contribution in [2.75, 3.05) is 0 Å². The van der Waals surface area contributed by atoms with Crippen molar-refractivity contribution in [1.82, 2.24) is 15.6 Å². The summed E-state index contributed by atoms with van der Waals surface area (Å²) in [5.74, 6) is 2.34. The number of fused-ring (bicyclic) bond motifs is 1. The lowest BCUT2D eigenvalue weighted by Gasteiger charge is -2.59. The smallest absolute Gasteiger partial charge is 0.243 e. The van der Waals surface area contributed by atoms with E-state index in [1.54, 1.807) is 0 Å². The van der Waals surface area contributed by atoms with Gasteiger partial charge < -0.3 is 15.6 Å². The van der Waals surface area contributed by atoms with Gasteiger partial charge in [0.2, 0.25) is 11.8 Å². The molecule has 6 rings (SSSR count). The largest absolute Gasteiger partial charge is 0.361 e. The molecule has 2 amide bonds. The molecule has 4 aliphatic carbocycles. The molecular weight excluding hydrogens is 374 g/mol. The fourth-order valence-electron chi connectivity index (χ4n) is 7.15. The van der Waals surface area contributed by atoms with Crippen molar-refractivity contribution in [3.8, 4) is 0 Å². The van der Waals surface area contributed by atoms with Gasteiger partial charge in [-0.1, -0.05) is 18.2 Å². The van der Waals surface area contributed by atoms with Crippen LogP contribution in [0.4, 0.5) is 0 Å². The predicted molar refractivity (Wildman–Crippen MR) is 118 cm³/mol. The number of hydrogen-bond acceptors (Lipinski definition) is 2. The van der Waals surface area contributed by atoms with E-state index in [1.165, 1.54) is 45.4 Å². The van der Waals surface area contributed by atoms with Crippen LogP contribution in [0.3, 0.4) is 0 Å². The van der Waals surface area contributed by atoms with Gasteiger partial charge >= 0.3 is 0 Å². The van der Waals surface area contributed by atoms with E-state index in [-0.39, 0.29) is 23.3 Å². The lowest BCUT2D eigenvalue weighted by Crippen LogP contribution is -2.58. The standard InChI is InChI=1S/C25H33N3O2/c1-15(25-11-17-7-18(12-25)9-19(8-17)13-25)27-24(30)23(28-16(2)29)10-20-14-26-22-6-4-3-5-21(20)22/h3-6,14-15,17-19,23,26H,7-13H2,1-2H3,(H,27,30)(H,28,29)/t15-,17?,18?,19?,23+,25?/m1/s1. The molecule has 1 aromatic carbocycles. The van der Waals surface area contributed by atoms with Crippen LogP contribution in [0, 0.1) is 23.2 Å². The molecule has 3 N–H and O–H groups in total. The molecule has 2 aromatic rings. The Morgan fingerprint density at radius 3 is 2.33 bits per heavy atom. The number of aromatic nitrogens is 1. The van der Waals surface area contributed by atoms with Crippen LogP contribution in [-0.2, 0) is 16.0 Å². The van der Waals surface area contributed by atoms with Crippen LogP contribution in [0.15, 0.2) is 30.5 Å². The van der Waals surface area contributed by atoms with Crippen molar-refractivity contribution in [2.24, 2.45) is 23.2 Å². The molecule has 0 saturated heterocycles. The third-order valence-corrected chi connectivity index (χ3v) is 8.16. The second-order valence-electron chi connectivity index (χ2n) is 10.3. The van der Waals surface area contributed by atoms with E-state index >= 15 is 0 Å². The number of amides is 2. The van der Waals surface area contributed by atoms with Gasteiger partial charge in [0.15, 0.2) is 0 Å². The summed E-state index contributed by atoms with van der Waals surface area (Å²) in [6.45, 7) is 3.68. The van der Waals surface area contributed by atoms with Crippen molar-refractivity contribution < 1.29 is 9.59 Å². The molecule has 0 unspecified atom stereocenters. The van der Waals surface area contributed by atoms with Gasteiger partial charge in [-0.3, -0.25) is 9.59 Å². The minimum Gasteiger partial charge on any atom is -0.361 e. The van der Waals surface area contributed by atoms with Gasteiger partial charge in [0, 0.05) is 36.5 Å². The molecule has 0 spiro atoms. The first-order valence-electron chi connectivity index (χ1n) is 11.5. The first-order valence-corrected chi connectivity index (χ1v) is 11.5. The highest BCUT2D eigenvalue weighted by Gasteiger charge is 2.53. The summed E-state index contributed by atoms with van der Waals surface area (Å²) in [7, 11) is 0. The van der Waals surface area contributed by atoms with Crippen LogP contribution in [0.1, 0.15) is 57.9 Å². The highest BCUT2D eigenvalue weighted by atomic mass is 16.2. The number of hydrogen-bond donors (Lipinski definition) is 3. The summed E-state index contributed by atoms with van der Waals surface area (Å²) in [4.78, 5) is 28.4. The Morgan fingerprint density at radius 1 is 1.07 bits per heavy atom. The van der Waals surface area contributed by atoms with Gasteiger partial charge in [0.1, 0.15) is 6.04 Å². The van der Waals surface area contributed by atoms with Gasteiger partial charge in [-0.05, 0) is 80.2 Å². The van der Waals surface area contributed by atoms with Crippen LogP contribution in [0.5, 0.6) is 0 Å². The summed E-state index contributed by atoms with van der Waals surface area (Å²) in [6, 6.07) is 7.68. The number of nitrogens with one attached hydrogen (secondary N) is 3. The van der Waals surface area contributed by atoms with E-state index in [9.17, 15) is 9.59 Å². The van der Waals surface area contributed by atoms with E-state index in [4.69, 9.17) is 0 Å². The molecule has 1 heterocycles. The van der Waals surface area contributed by atoms with Gasteiger partial charge in [0.25, 0.3) is 0 Å². The topological polar surface area (TPSA) is 74.0 Å². The molecule has 4 saturated carbocycles. The number of carbonyl (C=O) groups is 2. The minimum absolute atomic E-state index is 0.0567. The van der Waals surface area contributed by atoms with Crippen molar-refractivity contribution in [1.29, 1.82) is 0 Å². The highest BCUT2D eigenvalue weighted by Crippen LogP contribution is 2.61. The number of benzene rings is 1. The molecule has 5 nitrogen and oxygen atoms in total. The molecule has 160 valence electrons. The van der Waals surface area contributed by atoms with Crippen LogP contribution in [-0.4, -0.2) is 28.9 Å². The molecule has 0 radical (unpaired) electrons. The number of para-hydroxylation sites is 1. The summed E-state index contributed by atoms with van der Waals surface area (Å²) in [5.41, 5.74) is 2.37. The average Bonchev–Trinajstić information content (AvgIpc) is 3.09. The zero-order valence-corrected chi connectivity index (χ0v) is 18.0. The van der Waals surface area contributed by atoms with E-state index in [0.29, 0.717) is 6.42 Å². The average molecular weight is 408 g/mol. The summed E-state index contributed by atoms with van der Waals surface area (Å²) in [5, 5.41) is 7.34. The first kappa shape index (κ1) is 19.7. The maximum atomic E-state index is 13.3. The van der Waals surface area contributed by atoms with Crippen LogP contribution in [0.2, 0.25) is 0 Å². The lowest BCUT2D eigenvalue weighted by atomic mass is 9.48. The van der Waals surface area contributed by atoms with Gasteiger partial charge in [-0.15, -0.1) is 0 Å².